The minimum Gasteiger partial charge on any atom is -0.326 e. The first-order valence-corrected chi connectivity index (χ1v) is 4.37. The van der Waals surface area contributed by atoms with E-state index in [1.807, 2.05) is 0 Å². The first-order valence-electron chi connectivity index (χ1n) is 3.29. The zero-order valence-corrected chi connectivity index (χ0v) is 8.65. The molecule has 0 aliphatic carbocycles. The highest BCUT2D eigenvalue weighted by atomic mass is 127. The van der Waals surface area contributed by atoms with E-state index >= 15 is 0 Å². The average Bonchev–Trinajstić information content (AvgIpc) is 1.94. The highest BCUT2D eigenvalue weighted by molar-refractivity contribution is 14.1. The van der Waals surface area contributed by atoms with Gasteiger partial charge in [-0.25, -0.2) is 0 Å². The van der Waals surface area contributed by atoms with E-state index in [1.54, 1.807) is 0 Å². The maximum atomic E-state index is 12.3. The summed E-state index contributed by atoms with van der Waals surface area (Å²) >= 11 is 1.38. The Labute approximate surface area is 85.3 Å². The van der Waals surface area contributed by atoms with E-state index in [9.17, 15) is 18.0 Å². The lowest BCUT2D eigenvalue weighted by Crippen LogP contribution is -2.19. The molecule has 0 aromatic carbocycles. The van der Waals surface area contributed by atoms with Gasteiger partial charge in [-0.2, -0.15) is 13.2 Å². The molecule has 1 rings (SSSR count). The highest BCUT2D eigenvalue weighted by Gasteiger charge is 2.34. The maximum absolute atomic E-state index is 12.3. The number of aromatic amines is 1. The molecule has 1 aromatic rings. The SMILES string of the molecule is Cc1cc(C(F)(F)F)c(I)c(=O)[nH]1. The van der Waals surface area contributed by atoms with Crippen LogP contribution in [0.25, 0.3) is 0 Å². The molecule has 0 aliphatic heterocycles. The van der Waals surface area contributed by atoms with Crippen molar-refractivity contribution in [2.45, 2.75) is 13.1 Å². The van der Waals surface area contributed by atoms with Gasteiger partial charge in [0.15, 0.2) is 0 Å². The van der Waals surface area contributed by atoms with Crippen molar-refractivity contribution in [3.63, 3.8) is 0 Å². The van der Waals surface area contributed by atoms with Crippen molar-refractivity contribution >= 4 is 22.6 Å². The number of hydrogen-bond acceptors (Lipinski definition) is 1. The molecular weight excluding hydrogens is 298 g/mol. The molecule has 0 fully saturated rings. The normalized spacial score (nSPS) is 11.8. The molecule has 1 N–H and O–H groups in total. The topological polar surface area (TPSA) is 32.9 Å². The van der Waals surface area contributed by atoms with Gasteiger partial charge >= 0.3 is 6.18 Å². The second kappa shape index (κ2) is 3.32. The molecule has 1 heterocycles. The van der Waals surface area contributed by atoms with Gasteiger partial charge in [-0.1, -0.05) is 0 Å². The number of rotatable bonds is 0. The lowest BCUT2D eigenvalue weighted by molar-refractivity contribution is -0.138. The van der Waals surface area contributed by atoms with E-state index in [1.165, 1.54) is 29.5 Å². The van der Waals surface area contributed by atoms with Crippen LogP contribution in [-0.2, 0) is 6.18 Å². The number of aromatic nitrogens is 1. The van der Waals surface area contributed by atoms with Crippen molar-refractivity contribution < 1.29 is 13.2 Å². The fourth-order valence-electron chi connectivity index (χ4n) is 0.878. The Kier molecular flexibility index (Phi) is 2.69. The number of H-pyrrole nitrogens is 1. The highest BCUT2D eigenvalue weighted by Crippen LogP contribution is 2.31. The molecule has 2 nitrogen and oxygen atoms in total. The first-order chi connectivity index (χ1) is 5.82. The number of halogens is 4. The van der Waals surface area contributed by atoms with E-state index in [-0.39, 0.29) is 9.26 Å². The molecule has 72 valence electrons. The summed E-state index contributed by atoms with van der Waals surface area (Å²) in [5, 5.41) is 0. The van der Waals surface area contributed by atoms with Gasteiger partial charge in [0.25, 0.3) is 5.56 Å². The van der Waals surface area contributed by atoms with Crippen LogP contribution < -0.4 is 5.56 Å². The molecule has 0 spiro atoms. The Bertz CT molecular complexity index is 382. The predicted octanol–water partition coefficient (Wildman–Crippen LogP) is 2.31. The van der Waals surface area contributed by atoms with Gasteiger partial charge in [-0.15, -0.1) is 0 Å². The van der Waals surface area contributed by atoms with E-state index in [0.29, 0.717) is 0 Å². The summed E-state index contributed by atoms with van der Waals surface area (Å²) in [6.45, 7) is 1.41. The monoisotopic (exact) mass is 303 g/mol. The number of alkyl halides is 3. The van der Waals surface area contributed by atoms with Crippen LogP contribution in [0.1, 0.15) is 11.3 Å². The largest absolute Gasteiger partial charge is 0.417 e. The number of pyridine rings is 1. The number of aryl methyl sites for hydroxylation is 1. The summed E-state index contributed by atoms with van der Waals surface area (Å²) in [7, 11) is 0. The van der Waals surface area contributed by atoms with Crippen molar-refractivity contribution in [3.8, 4) is 0 Å². The minimum absolute atomic E-state index is 0.206. The van der Waals surface area contributed by atoms with Crippen LogP contribution in [0.4, 0.5) is 13.2 Å². The zero-order valence-electron chi connectivity index (χ0n) is 6.50. The quantitative estimate of drug-likeness (QED) is 0.733. The average molecular weight is 303 g/mol. The van der Waals surface area contributed by atoms with E-state index in [0.717, 1.165) is 6.07 Å². The van der Waals surface area contributed by atoms with Gasteiger partial charge in [-0.05, 0) is 35.6 Å². The molecule has 0 saturated heterocycles. The van der Waals surface area contributed by atoms with Crippen molar-refractivity contribution in [1.82, 2.24) is 4.98 Å². The second-order valence-electron chi connectivity index (χ2n) is 2.51. The van der Waals surface area contributed by atoms with Crippen molar-refractivity contribution in [2.75, 3.05) is 0 Å². The molecule has 0 radical (unpaired) electrons. The van der Waals surface area contributed by atoms with Crippen molar-refractivity contribution in [3.05, 3.63) is 31.2 Å². The van der Waals surface area contributed by atoms with Crippen molar-refractivity contribution in [2.24, 2.45) is 0 Å². The third-order valence-electron chi connectivity index (χ3n) is 1.41. The predicted molar refractivity (Wildman–Crippen MR) is 49.5 cm³/mol. The first kappa shape index (κ1) is 10.6. The summed E-state index contributed by atoms with van der Waals surface area (Å²) in [6, 6.07) is 0.920. The van der Waals surface area contributed by atoms with Gasteiger partial charge in [0.2, 0.25) is 0 Å². The summed E-state index contributed by atoms with van der Waals surface area (Å²) in [6.07, 6.45) is -4.46. The van der Waals surface area contributed by atoms with E-state index < -0.39 is 17.3 Å². The van der Waals surface area contributed by atoms with Gasteiger partial charge < -0.3 is 4.98 Å². The number of hydrogen-bond donors (Lipinski definition) is 1. The van der Waals surface area contributed by atoms with Gasteiger partial charge in [0.1, 0.15) is 0 Å². The molecule has 0 saturated carbocycles. The summed E-state index contributed by atoms with van der Waals surface area (Å²) in [5.74, 6) is 0. The van der Waals surface area contributed by atoms with Crippen molar-refractivity contribution in [1.29, 1.82) is 0 Å². The van der Waals surface area contributed by atoms with Crippen LogP contribution in [0.5, 0.6) is 0 Å². The van der Waals surface area contributed by atoms with Gasteiger partial charge in [-0.3, -0.25) is 4.79 Å². The third-order valence-corrected chi connectivity index (χ3v) is 2.48. The number of nitrogens with one attached hydrogen (secondary N) is 1. The third kappa shape index (κ3) is 2.23. The van der Waals surface area contributed by atoms with Gasteiger partial charge in [0.05, 0.1) is 9.13 Å². The van der Waals surface area contributed by atoms with E-state index in [4.69, 9.17) is 0 Å². The molecule has 1 aromatic heterocycles. The molecule has 0 bridgehead atoms. The van der Waals surface area contributed by atoms with Crippen LogP contribution in [0.3, 0.4) is 0 Å². The maximum Gasteiger partial charge on any atom is 0.417 e. The summed E-state index contributed by atoms with van der Waals surface area (Å²) < 4.78 is 36.4. The molecule has 0 aliphatic rings. The van der Waals surface area contributed by atoms with Crippen LogP contribution >= 0.6 is 22.6 Å². The summed E-state index contributed by atoms with van der Waals surface area (Å²) in [5.41, 5.74) is -1.37. The zero-order chi connectivity index (χ0) is 10.2. The molecular formula is C7H5F3INO. The Morgan fingerprint density at radius 3 is 2.46 bits per heavy atom. The van der Waals surface area contributed by atoms with E-state index in [2.05, 4.69) is 4.98 Å². The molecule has 6 heteroatoms. The lowest BCUT2D eigenvalue weighted by atomic mass is 10.2. The van der Waals surface area contributed by atoms with Crippen LogP contribution in [0, 0.1) is 10.5 Å². The molecule has 13 heavy (non-hydrogen) atoms. The van der Waals surface area contributed by atoms with Crippen LogP contribution in [0.15, 0.2) is 10.9 Å². The molecule has 0 unspecified atom stereocenters. The van der Waals surface area contributed by atoms with Gasteiger partial charge in [0, 0.05) is 5.69 Å². The van der Waals surface area contributed by atoms with Crippen LogP contribution in [0.2, 0.25) is 0 Å². The lowest BCUT2D eigenvalue weighted by Gasteiger charge is -2.08. The Balaban J connectivity index is 3.46. The fraction of sp³-hybridized carbons (Fsp3) is 0.286. The summed E-state index contributed by atoms with van der Waals surface area (Å²) in [4.78, 5) is 13.2. The minimum atomic E-state index is -4.46. The molecule has 0 amide bonds. The Morgan fingerprint density at radius 1 is 1.46 bits per heavy atom. The Hall–Kier alpha value is -0.530. The van der Waals surface area contributed by atoms with Crippen LogP contribution in [-0.4, -0.2) is 4.98 Å². The standard InChI is InChI=1S/C7H5F3INO/c1-3-2-4(7(8,9)10)5(11)6(13)12-3/h2H,1H3,(H,12,13). The molecule has 0 atom stereocenters. The second-order valence-corrected chi connectivity index (χ2v) is 3.59. The Morgan fingerprint density at radius 2 is 2.00 bits per heavy atom. The fourth-order valence-corrected chi connectivity index (χ4v) is 1.47. The smallest absolute Gasteiger partial charge is 0.326 e.